The van der Waals surface area contributed by atoms with E-state index in [4.69, 9.17) is 9.47 Å². The Kier molecular flexibility index (Phi) is 5.19. The number of rotatable bonds is 3. The lowest BCUT2D eigenvalue weighted by molar-refractivity contribution is -0.148. The van der Waals surface area contributed by atoms with Crippen molar-refractivity contribution in [2.24, 2.45) is 5.92 Å². The molecule has 2 bridgehead atoms. The lowest BCUT2D eigenvalue weighted by Gasteiger charge is -2.54. The highest BCUT2D eigenvalue weighted by Gasteiger charge is 2.61. The number of hydrogen-bond donors (Lipinski definition) is 1. The van der Waals surface area contributed by atoms with Gasteiger partial charge in [0.15, 0.2) is 0 Å². The molecule has 31 heavy (non-hydrogen) atoms. The Balaban J connectivity index is 1.86. The van der Waals surface area contributed by atoms with Gasteiger partial charge in [-0.3, -0.25) is 29.0 Å². The fraction of sp³-hybridized carbons (Fsp3) is 0.571. The summed E-state index contributed by atoms with van der Waals surface area (Å²) in [4.78, 5) is 52.7. The van der Waals surface area contributed by atoms with E-state index in [1.54, 1.807) is 0 Å². The molecule has 0 saturated carbocycles. The first-order valence-electron chi connectivity index (χ1n) is 10.0. The van der Waals surface area contributed by atoms with Gasteiger partial charge in [0.1, 0.15) is 18.4 Å². The molecule has 2 saturated heterocycles. The lowest BCUT2D eigenvalue weighted by Crippen LogP contribution is -2.69. The fourth-order valence-electron chi connectivity index (χ4n) is 5.73. The molecule has 10 heteroatoms. The van der Waals surface area contributed by atoms with Crippen molar-refractivity contribution in [3.63, 3.8) is 0 Å². The number of ketones is 2. The molecule has 2 fully saturated rings. The molecule has 0 aromatic heterocycles. The molecule has 0 aromatic rings. The molecule has 0 radical (unpaired) electrons. The molecule has 0 aromatic carbocycles. The molecule has 1 unspecified atom stereocenters. The number of methoxy groups -OCH3 is 1. The van der Waals surface area contributed by atoms with E-state index in [0.29, 0.717) is 6.42 Å². The van der Waals surface area contributed by atoms with Gasteiger partial charge in [-0.25, -0.2) is 0 Å². The molecule has 164 valence electrons. The standard InChI is InChI=1S/C21H23N3O7/c1-9(25)31-8-15-18-10(20(28)17(27)6-16(18)26)4-13-19-11(21(29)30-3)5-12(23(19)2)14(7-22)24(13)15/h6,11-15,19,26H,4-5,8H2,1-3H3/t11-,12+,13+,14?,15+,19-/m1/s1. The summed E-state index contributed by atoms with van der Waals surface area (Å²) in [5, 5.41) is 20.6. The smallest absolute Gasteiger partial charge is 0.310 e. The van der Waals surface area contributed by atoms with Crippen LogP contribution < -0.4 is 0 Å². The number of aliphatic hydroxyl groups is 1. The number of fused-ring (bicyclic) bond motifs is 4. The van der Waals surface area contributed by atoms with E-state index < -0.39 is 47.5 Å². The lowest BCUT2D eigenvalue weighted by atomic mass is 9.76. The van der Waals surface area contributed by atoms with Crippen molar-refractivity contribution in [1.29, 1.82) is 5.26 Å². The van der Waals surface area contributed by atoms with Crippen LogP contribution in [0.4, 0.5) is 0 Å². The van der Waals surface area contributed by atoms with Gasteiger partial charge in [0.2, 0.25) is 11.6 Å². The second-order valence-corrected chi connectivity index (χ2v) is 8.31. The summed E-state index contributed by atoms with van der Waals surface area (Å²) in [7, 11) is 3.14. The first kappa shape index (κ1) is 21.2. The van der Waals surface area contributed by atoms with Crippen LogP contribution in [0.3, 0.4) is 0 Å². The van der Waals surface area contributed by atoms with E-state index in [2.05, 4.69) is 6.07 Å². The summed E-state index contributed by atoms with van der Waals surface area (Å²) in [6, 6.07) is -0.325. The quantitative estimate of drug-likeness (QED) is 0.360. The average Bonchev–Trinajstić information content (AvgIpc) is 2.98. The highest BCUT2D eigenvalue weighted by molar-refractivity contribution is 6.48. The second kappa shape index (κ2) is 7.59. The normalized spacial score (nSPS) is 35.1. The number of carbonyl (C=O) groups excluding carboxylic acids is 4. The zero-order chi connectivity index (χ0) is 22.6. The van der Waals surface area contributed by atoms with E-state index in [1.165, 1.54) is 14.0 Å². The van der Waals surface area contributed by atoms with Crippen molar-refractivity contribution in [2.75, 3.05) is 20.8 Å². The molecule has 10 nitrogen and oxygen atoms in total. The van der Waals surface area contributed by atoms with Crippen LogP contribution in [0, 0.1) is 17.2 Å². The maximum Gasteiger partial charge on any atom is 0.310 e. The van der Waals surface area contributed by atoms with Gasteiger partial charge in [-0.05, 0) is 19.9 Å². The van der Waals surface area contributed by atoms with Crippen LogP contribution >= 0.6 is 0 Å². The minimum Gasteiger partial charge on any atom is -0.507 e. The summed E-state index contributed by atoms with van der Waals surface area (Å²) in [5.41, 5.74) is 0.350. The number of piperazine rings is 1. The molecular formula is C21H23N3O7. The van der Waals surface area contributed by atoms with E-state index in [1.807, 2.05) is 16.8 Å². The highest BCUT2D eigenvalue weighted by Crippen LogP contribution is 2.48. The zero-order valence-electron chi connectivity index (χ0n) is 17.4. The Hall–Kier alpha value is -3.03. The van der Waals surface area contributed by atoms with Crippen LogP contribution in [-0.4, -0.2) is 89.4 Å². The summed E-state index contributed by atoms with van der Waals surface area (Å²) in [6.45, 7) is 1.04. The molecule has 0 amide bonds. The highest BCUT2D eigenvalue weighted by atomic mass is 16.5. The first-order valence-corrected chi connectivity index (χ1v) is 10.0. The van der Waals surface area contributed by atoms with E-state index in [-0.39, 0.29) is 42.0 Å². The summed E-state index contributed by atoms with van der Waals surface area (Å²) in [6.07, 6.45) is 1.35. The Morgan fingerprint density at radius 3 is 2.65 bits per heavy atom. The number of hydrogen-bond acceptors (Lipinski definition) is 10. The average molecular weight is 429 g/mol. The van der Waals surface area contributed by atoms with Crippen LogP contribution in [0.2, 0.25) is 0 Å². The summed E-state index contributed by atoms with van der Waals surface area (Å²) < 4.78 is 10.2. The molecule has 4 rings (SSSR count). The van der Waals surface area contributed by atoms with Gasteiger partial charge in [-0.15, -0.1) is 0 Å². The third-order valence-electron chi connectivity index (χ3n) is 6.92. The van der Waals surface area contributed by atoms with Crippen LogP contribution in [0.1, 0.15) is 19.8 Å². The molecule has 1 aliphatic carbocycles. The zero-order valence-corrected chi connectivity index (χ0v) is 17.4. The summed E-state index contributed by atoms with van der Waals surface area (Å²) in [5.74, 6) is -3.38. The van der Waals surface area contributed by atoms with Crippen molar-refractivity contribution in [2.45, 2.75) is 50.0 Å². The summed E-state index contributed by atoms with van der Waals surface area (Å²) >= 11 is 0. The Morgan fingerprint density at radius 2 is 2.03 bits per heavy atom. The molecule has 6 atom stereocenters. The number of ether oxygens (including phenoxy) is 2. The van der Waals surface area contributed by atoms with Gasteiger partial charge in [0.25, 0.3) is 0 Å². The largest absolute Gasteiger partial charge is 0.507 e. The molecule has 4 aliphatic rings. The molecule has 1 N–H and O–H groups in total. The molecule has 3 heterocycles. The molecule has 3 aliphatic heterocycles. The topological polar surface area (TPSA) is 137 Å². The van der Waals surface area contributed by atoms with Gasteiger partial charge in [-0.1, -0.05) is 0 Å². The predicted molar refractivity (Wildman–Crippen MR) is 103 cm³/mol. The van der Waals surface area contributed by atoms with Gasteiger partial charge < -0.3 is 14.6 Å². The van der Waals surface area contributed by atoms with E-state index >= 15 is 0 Å². The first-order chi connectivity index (χ1) is 14.7. The second-order valence-electron chi connectivity index (χ2n) is 8.31. The van der Waals surface area contributed by atoms with Gasteiger partial charge in [-0.2, -0.15) is 5.26 Å². The maximum absolute atomic E-state index is 12.7. The van der Waals surface area contributed by atoms with Crippen LogP contribution in [0.5, 0.6) is 0 Å². The fourth-order valence-corrected chi connectivity index (χ4v) is 5.73. The van der Waals surface area contributed by atoms with Crippen LogP contribution in [0.25, 0.3) is 0 Å². The number of aliphatic hydroxyl groups excluding tert-OH is 1. The molecule has 0 spiro atoms. The monoisotopic (exact) mass is 429 g/mol. The number of nitriles is 1. The number of Topliss-reactive ketones (excluding diaryl/α,β-unsaturated/α-hetero) is 1. The van der Waals surface area contributed by atoms with E-state index in [0.717, 1.165) is 6.08 Å². The number of carbonyl (C=O) groups is 4. The number of allylic oxidation sites excluding steroid dienone is 1. The third kappa shape index (κ3) is 3.07. The van der Waals surface area contributed by atoms with Gasteiger partial charge >= 0.3 is 11.9 Å². The van der Waals surface area contributed by atoms with Crippen LogP contribution in [-0.2, 0) is 28.7 Å². The Labute approximate surface area is 178 Å². The van der Waals surface area contributed by atoms with Crippen LogP contribution in [0.15, 0.2) is 23.0 Å². The van der Waals surface area contributed by atoms with Gasteiger partial charge in [0.05, 0.1) is 25.1 Å². The van der Waals surface area contributed by atoms with Crippen molar-refractivity contribution < 1.29 is 33.8 Å². The minimum atomic E-state index is -0.828. The SMILES string of the molecule is COC(=O)[C@@H]1C[C@H]2C(C#N)N3[C@@H](COC(C)=O)C4=C(C[C@H]3[C@@H]1N2C)C(=O)C(=O)C=C4O. The Bertz CT molecular complexity index is 978. The van der Waals surface area contributed by atoms with Crippen molar-refractivity contribution >= 4 is 23.5 Å². The number of likely N-dealkylation sites (N-methyl/N-ethyl adjacent to an activating group) is 1. The van der Waals surface area contributed by atoms with Crippen molar-refractivity contribution in [3.8, 4) is 6.07 Å². The number of nitrogens with zero attached hydrogens (tertiary/aromatic N) is 3. The van der Waals surface area contributed by atoms with Crippen molar-refractivity contribution in [1.82, 2.24) is 9.80 Å². The maximum atomic E-state index is 12.7. The predicted octanol–water partition coefficient (Wildman–Crippen LogP) is -0.350. The Morgan fingerprint density at radius 1 is 1.32 bits per heavy atom. The number of esters is 2. The molecular weight excluding hydrogens is 406 g/mol. The van der Waals surface area contributed by atoms with E-state index in [9.17, 15) is 29.5 Å². The van der Waals surface area contributed by atoms with Gasteiger partial charge in [0, 0.05) is 42.3 Å². The minimum absolute atomic E-state index is 0.0851. The third-order valence-corrected chi connectivity index (χ3v) is 6.92. The van der Waals surface area contributed by atoms with Crippen molar-refractivity contribution in [3.05, 3.63) is 23.0 Å².